The van der Waals surface area contributed by atoms with Crippen LogP contribution in [-0.2, 0) is 0 Å². The van der Waals surface area contributed by atoms with Crippen molar-refractivity contribution in [3.8, 4) is 0 Å². The summed E-state index contributed by atoms with van der Waals surface area (Å²) in [4.78, 5) is 0. The fourth-order valence-electron chi connectivity index (χ4n) is 0. The number of alkyl halides is 6. The summed E-state index contributed by atoms with van der Waals surface area (Å²) < 4.78 is 62.6. The standard InChI is InChI=1S/C2F6.K/c3-1(4,5)2(6,7)8;/q;+1. The molecule has 0 aliphatic rings. The summed E-state index contributed by atoms with van der Waals surface area (Å²) in [6.45, 7) is 0. The first-order valence-corrected chi connectivity index (χ1v) is 1.38. The molecule has 0 bridgehead atoms. The monoisotopic (exact) mass is 177 g/mol. The first-order valence-electron chi connectivity index (χ1n) is 1.38. The van der Waals surface area contributed by atoms with Crippen LogP contribution in [-0.4, -0.2) is 12.4 Å². The van der Waals surface area contributed by atoms with Crippen molar-refractivity contribution in [3.05, 3.63) is 0 Å². The van der Waals surface area contributed by atoms with Crippen molar-refractivity contribution < 1.29 is 77.7 Å². The van der Waals surface area contributed by atoms with E-state index in [9.17, 15) is 26.3 Å². The van der Waals surface area contributed by atoms with E-state index in [0.29, 0.717) is 0 Å². The van der Waals surface area contributed by atoms with Crippen molar-refractivity contribution in [2.75, 3.05) is 0 Å². The average Bonchev–Trinajstić information content (AvgIpc) is 1.25. The maximum absolute atomic E-state index is 10.4. The Labute approximate surface area is 89.0 Å². The molecule has 0 atom stereocenters. The third-order valence-electron chi connectivity index (χ3n) is 0.321. The zero-order chi connectivity index (χ0) is 7.00. The zero-order valence-corrected chi connectivity index (χ0v) is 7.39. The molecule has 0 spiro atoms. The van der Waals surface area contributed by atoms with E-state index in [1.807, 2.05) is 0 Å². The van der Waals surface area contributed by atoms with Gasteiger partial charge in [0.1, 0.15) is 0 Å². The fourth-order valence-corrected chi connectivity index (χ4v) is 0. The Hall–Kier alpha value is 1.22. The van der Waals surface area contributed by atoms with Crippen molar-refractivity contribution >= 4 is 0 Å². The molecule has 0 radical (unpaired) electrons. The van der Waals surface area contributed by atoms with Crippen LogP contribution >= 0.6 is 0 Å². The van der Waals surface area contributed by atoms with Crippen LogP contribution in [0.3, 0.4) is 0 Å². The number of hydrogen-bond donors (Lipinski definition) is 0. The van der Waals surface area contributed by atoms with Gasteiger partial charge >= 0.3 is 63.7 Å². The van der Waals surface area contributed by atoms with Gasteiger partial charge in [-0.3, -0.25) is 0 Å². The van der Waals surface area contributed by atoms with Crippen LogP contribution in [0.1, 0.15) is 0 Å². The average molecular weight is 177 g/mol. The van der Waals surface area contributed by atoms with E-state index in [4.69, 9.17) is 0 Å². The Morgan fingerprint density at radius 3 is 0.667 bits per heavy atom. The van der Waals surface area contributed by atoms with E-state index >= 15 is 0 Å². The molecule has 0 aromatic heterocycles. The molecule has 0 saturated heterocycles. The van der Waals surface area contributed by atoms with Crippen molar-refractivity contribution in [2.24, 2.45) is 0 Å². The van der Waals surface area contributed by atoms with Crippen LogP contribution in [0, 0.1) is 0 Å². The fraction of sp³-hybridized carbons (Fsp3) is 1.00. The molecule has 0 nitrogen and oxygen atoms in total. The molecule has 0 aliphatic heterocycles. The molecular formula is C2F6K+. The Morgan fingerprint density at radius 2 is 0.667 bits per heavy atom. The topological polar surface area (TPSA) is 0 Å². The van der Waals surface area contributed by atoms with Crippen molar-refractivity contribution in [3.63, 3.8) is 0 Å². The minimum absolute atomic E-state index is 0. The zero-order valence-electron chi connectivity index (χ0n) is 4.27. The third kappa shape index (κ3) is 4.60. The van der Waals surface area contributed by atoms with Gasteiger partial charge < -0.3 is 0 Å². The number of halogens is 6. The van der Waals surface area contributed by atoms with Crippen LogP contribution in [0.2, 0.25) is 0 Å². The van der Waals surface area contributed by atoms with Crippen LogP contribution in [0.15, 0.2) is 0 Å². The van der Waals surface area contributed by atoms with Crippen LogP contribution in [0.25, 0.3) is 0 Å². The summed E-state index contributed by atoms with van der Waals surface area (Å²) in [6, 6.07) is 0. The largest absolute Gasteiger partial charge is 1.00 e. The van der Waals surface area contributed by atoms with Gasteiger partial charge in [-0.25, -0.2) is 0 Å². The van der Waals surface area contributed by atoms with Gasteiger partial charge in [0.2, 0.25) is 0 Å². The normalized spacial score (nSPS) is 12.7. The Balaban J connectivity index is 0. The van der Waals surface area contributed by atoms with Gasteiger partial charge in [0.15, 0.2) is 0 Å². The minimum Gasteiger partial charge on any atom is -0.162 e. The number of hydrogen-bond acceptors (Lipinski definition) is 0. The van der Waals surface area contributed by atoms with Gasteiger partial charge in [-0.1, -0.05) is 0 Å². The summed E-state index contributed by atoms with van der Waals surface area (Å²) in [5.41, 5.74) is 0. The van der Waals surface area contributed by atoms with Gasteiger partial charge in [-0.05, 0) is 0 Å². The molecule has 0 fully saturated rings. The third-order valence-corrected chi connectivity index (χ3v) is 0.321. The van der Waals surface area contributed by atoms with E-state index in [-0.39, 0.29) is 51.4 Å². The first-order chi connectivity index (χ1) is 3.25. The summed E-state index contributed by atoms with van der Waals surface area (Å²) in [7, 11) is 0. The van der Waals surface area contributed by atoms with Gasteiger partial charge in [0.05, 0.1) is 0 Å². The Kier molecular flexibility index (Phi) is 5.09. The second-order valence-corrected chi connectivity index (χ2v) is 0.996. The van der Waals surface area contributed by atoms with E-state index < -0.39 is 12.4 Å². The van der Waals surface area contributed by atoms with Gasteiger partial charge in [-0.15, -0.1) is 0 Å². The molecule has 7 heteroatoms. The second-order valence-electron chi connectivity index (χ2n) is 0.996. The Morgan fingerprint density at radius 1 is 0.556 bits per heavy atom. The maximum atomic E-state index is 10.4. The quantitative estimate of drug-likeness (QED) is 0.333. The van der Waals surface area contributed by atoms with E-state index in [2.05, 4.69) is 0 Å². The Bertz CT molecular complexity index is 66.0. The molecule has 0 aliphatic carbocycles. The molecule has 0 aromatic carbocycles. The summed E-state index contributed by atoms with van der Waals surface area (Å²) >= 11 is 0. The molecule has 0 saturated carbocycles. The van der Waals surface area contributed by atoms with E-state index in [1.54, 1.807) is 0 Å². The molecule has 50 valence electrons. The molecular weight excluding hydrogens is 177 g/mol. The minimum atomic E-state index is -6.06. The molecule has 0 amide bonds. The van der Waals surface area contributed by atoms with E-state index in [0.717, 1.165) is 0 Å². The molecule has 0 rings (SSSR count). The summed E-state index contributed by atoms with van der Waals surface area (Å²) in [5, 5.41) is 0. The van der Waals surface area contributed by atoms with Crippen LogP contribution in [0.5, 0.6) is 0 Å². The van der Waals surface area contributed by atoms with Crippen LogP contribution in [0.4, 0.5) is 26.3 Å². The maximum Gasteiger partial charge on any atom is 1.00 e. The van der Waals surface area contributed by atoms with Crippen molar-refractivity contribution in [2.45, 2.75) is 12.4 Å². The molecule has 0 aromatic rings. The van der Waals surface area contributed by atoms with Crippen molar-refractivity contribution in [1.82, 2.24) is 0 Å². The molecule has 0 N–H and O–H groups in total. The number of rotatable bonds is 0. The van der Waals surface area contributed by atoms with Gasteiger partial charge in [0, 0.05) is 0 Å². The SMILES string of the molecule is FC(F)(F)C(F)(F)F.[K+]. The van der Waals surface area contributed by atoms with Gasteiger partial charge in [0.25, 0.3) is 0 Å². The first kappa shape index (κ1) is 12.9. The molecule has 0 unspecified atom stereocenters. The summed E-state index contributed by atoms with van der Waals surface area (Å²) in [6.07, 6.45) is -12.1. The smallest absolute Gasteiger partial charge is 0.162 e. The van der Waals surface area contributed by atoms with Crippen molar-refractivity contribution in [1.29, 1.82) is 0 Å². The molecule has 0 heterocycles. The van der Waals surface area contributed by atoms with E-state index in [1.165, 1.54) is 0 Å². The molecule has 9 heavy (non-hydrogen) atoms. The predicted molar refractivity (Wildman–Crippen MR) is 12.1 cm³/mol. The predicted octanol–water partition coefficient (Wildman–Crippen LogP) is -0.885. The van der Waals surface area contributed by atoms with Crippen LogP contribution < -0.4 is 51.4 Å². The second kappa shape index (κ2) is 3.56. The summed E-state index contributed by atoms with van der Waals surface area (Å²) in [5.74, 6) is 0. The van der Waals surface area contributed by atoms with Gasteiger partial charge in [-0.2, -0.15) is 26.3 Å².